The minimum atomic E-state index is -0.541. The molecule has 2 aromatic carbocycles. The minimum Gasteiger partial charge on any atom is -0.493 e. The second kappa shape index (κ2) is 11.2. The van der Waals surface area contributed by atoms with Crippen molar-refractivity contribution in [3.8, 4) is 17.2 Å². The number of nitrogens with zero attached hydrogens (tertiary/aromatic N) is 2. The van der Waals surface area contributed by atoms with Crippen LogP contribution >= 0.6 is 0 Å². The van der Waals surface area contributed by atoms with Crippen LogP contribution in [0, 0.1) is 5.82 Å². The summed E-state index contributed by atoms with van der Waals surface area (Å²) in [5.41, 5.74) is 1.27. The average molecular weight is 475 g/mol. The van der Waals surface area contributed by atoms with Crippen LogP contribution in [0.15, 0.2) is 36.4 Å². The Morgan fingerprint density at radius 1 is 0.971 bits per heavy atom. The zero-order valence-electron chi connectivity index (χ0n) is 20.2. The monoisotopic (exact) mass is 474 g/mol. The van der Waals surface area contributed by atoms with E-state index in [1.807, 2.05) is 6.92 Å². The van der Waals surface area contributed by atoms with Gasteiger partial charge in [0, 0.05) is 31.7 Å². The van der Waals surface area contributed by atoms with Crippen molar-refractivity contribution >= 4 is 11.9 Å². The molecule has 0 unspecified atom stereocenters. The number of halogens is 1. The van der Waals surface area contributed by atoms with Crippen LogP contribution < -0.4 is 14.2 Å². The van der Waals surface area contributed by atoms with Gasteiger partial charge in [-0.1, -0.05) is 12.1 Å². The summed E-state index contributed by atoms with van der Waals surface area (Å²) in [7, 11) is 4.16. The summed E-state index contributed by atoms with van der Waals surface area (Å²) in [6, 6.07) is 9.53. The molecule has 8 nitrogen and oxygen atoms in total. The fraction of sp³-hybridized carbons (Fsp3) is 0.440. The maximum atomic E-state index is 13.2. The highest BCUT2D eigenvalue weighted by atomic mass is 19.1. The first-order valence-corrected chi connectivity index (χ1v) is 11.0. The molecule has 1 saturated heterocycles. The standard InChI is InChI=1S/C25H31FN2O6/c1-16-13-28(17(2)12-27(16)14-18-6-8-20(26)9-7-18)23(29)15-34-24-21(31-3)10-19(25(30)33-5)11-22(24)32-4/h6-11,16-17H,12-15H2,1-5H3/t16-,17+/m1/s1. The summed E-state index contributed by atoms with van der Waals surface area (Å²) in [6.07, 6.45) is 0. The van der Waals surface area contributed by atoms with Gasteiger partial charge in [0.05, 0.1) is 26.9 Å². The van der Waals surface area contributed by atoms with E-state index in [4.69, 9.17) is 18.9 Å². The SMILES string of the molecule is COC(=O)c1cc(OC)c(OCC(=O)N2C[C@@H](C)N(Cc3ccc(F)cc3)C[C@@H]2C)c(OC)c1. The third kappa shape index (κ3) is 5.77. The largest absolute Gasteiger partial charge is 0.493 e. The van der Waals surface area contributed by atoms with Crippen LogP contribution in [0.5, 0.6) is 17.2 Å². The van der Waals surface area contributed by atoms with Crippen LogP contribution in [0.2, 0.25) is 0 Å². The van der Waals surface area contributed by atoms with Gasteiger partial charge < -0.3 is 23.8 Å². The number of esters is 1. The van der Waals surface area contributed by atoms with Crippen LogP contribution in [0.1, 0.15) is 29.8 Å². The lowest BCUT2D eigenvalue weighted by Gasteiger charge is -2.44. The Morgan fingerprint density at radius 2 is 1.59 bits per heavy atom. The van der Waals surface area contributed by atoms with Crippen molar-refractivity contribution in [2.45, 2.75) is 32.5 Å². The first-order chi connectivity index (χ1) is 16.3. The molecule has 9 heteroatoms. The van der Waals surface area contributed by atoms with Gasteiger partial charge >= 0.3 is 5.97 Å². The minimum absolute atomic E-state index is 0.0294. The molecule has 1 heterocycles. The molecule has 184 valence electrons. The predicted molar refractivity (Wildman–Crippen MR) is 124 cm³/mol. The summed E-state index contributed by atoms with van der Waals surface area (Å²) in [6.45, 7) is 5.76. The number of ether oxygens (including phenoxy) is 4. The molecule has 0 N–H and O–H groups in total. The Kier molecular flexibility index (Phi) is 8.33. The molecular formula is C25H31FN2O6. The van der Waals surface area contributed by atoms with Gasteiger partial charge in [0.15, 0.2) is 18.1 Å². The van der Waals surface area contributed by atoms with Gasteiger partial charge in [-0.3, -0.25) is 9.69 Å². The fourth-order valence-corrected chi connectivity index (χ4v) is 4.06. The van der Waals surface area contributed by atoms with Crippen molar-refractivity contribution in [1.29, 1.82) is 0 Å². The third-order valence-electron chi connectivity index (χ3n) is 5.96. The molecule has 0 spiro atoms. The molecule has 0 saturated carbocycles. The molecular weight excluding hydrogens is 443 g/mol. The molecule has 1 amide bonds. The topological polar surface area (TPSA) is 77.5 Å². The van der Waals surface area contributed by atoms with Crippen LogP contribution in [0.3, 0.4) is 0 Å². The number of benzene rings is 2. The van der Waals surface area contributed by atoms with Gasteiger partial charge in [0.25, 0.3) is 5.91 Å². The summed E-state index contributed by atoms with van der Waals surface area (Å²) < 4.78 is 34.5. The predicted octanol–water partition coefficient (Wildman–Crippen LogP) is 3.13. The number of rotatable bonds is 8. The van der Waals surface area contributed by atoms with Gasteiger partial charge in [0.1, 0.15) is 5.82 Å². The van der Waals surface area contributed by atoms with Crippen LogP contribution in [-0.4, -0.2) is 74.8 Å². The summed E-state index contributed by atoms with van der Waals surface area (Å²) >= 11 is 0. The Bertz CT molecular complexity index is 988. The average Bonchev–Trinajstić information content (AvgIpc) is 2.84. The van der Waals surface area contributed by atoms with Gasteiger partial charge in [-0.2, -0.15) is 0 Å². The van der Waals surface area contributed by atoms with Gasteiger partial charge in [0.2, 0.25) is 5.75 Å². The highest BCUT2D eigenvalue weighted by Crippen LogP contribution is 2.39. The van der Waals surface area contributed by atoms with Crippen molar-refractivity contribution in [2.75, 3.05) is 41.0 Å². The number of carbonyl (C=O) groups is 2. The molecule has 3 rings (SSSR count). The molecule has 0 radical (unpaired) electrons. The Balaban J connectivity index is 1.66. The smallest absolute Gasteiger partial charge is 0.338 e. The summed E-state index contributed by atoms with van der Waals surface area (Å²) in [5, 5.41) is 0. The van der Waals surface area contributed by atoms with Crippen LogP contribution in [0.25, 0.3) is 0 Å². The maximum Gasteiger partial charge on any atom is 0.338 e. The maximum absolute atomic E-state index is 13.2. The highest BCUT2D eigenvalue weighted by molar-refractivity contribution is 5.91. The number of hydrogen-bond donors (Lipinski definition) is 0. The molecule has 2 atom stereocenters. The Morgan fingerprint density at radius 3 is 2.15 bits per heavy atom. The van der Waals surface area contributed by atoms with Crippen LogP contribution in [0.4, 0.5) is 4.39 Å². The number of piperazine rings is 1. The number of carbonyl (C=O) groups excluding carboxylic acids is 2. The van der Waals surface area contributed by atoms with E-state index >= 15 is 0 Å². The van der Waals surface area contributed by atoms with Gasteiger partial charge in [-0.05, 0) is 43.7 Å². The summed E-state index contributed by atoms with van der Waals surface area (Å²) in [5.74, 6) is -0.200. The fourth-order valence-electron chi connectivity index (χ4n) is 4.06. The van der Waals surface area contributed by atoms with E-state index in [0.717, 1.165) is 5.56 Å². The van der Waals surface area contributed by atoms with Gasteiger partial charge in [-0.15, -0.1) is 0 Å². The Hall–Kier alpha value is -3.33. The van der Waals surface area contributed by atoms with Crippen LogP contribution in [-0.2, 0) is 16.1 Å². The molecule has 1 fully saturated rings. The molecule has 0 bridgehead atoms. The number of amides is 1. The van der Waals surface area contributed by atoms with E-state index in [1.54, 1.807) is 17.0 Å². The number of hydrogen-bond acceptors (Lipinski definition) is 7. The van der Waals surface area contributed by atoms with Crippen molar-refractivity contribution in [1.82, 2.24) is 9.80 Å². The molecule has 1 aliphatic heterocycles. The zero-order valence-corrected chi connectivity index (χ0v) is 20.2. The number of methoxy groups -OCH3 is 3. The lowest BCUT2D eigenvalue weighted by Crippen LogP contribution is -2.58. The van der Waals surface area contributed by atoms with Crippen molar-refractivity contribution in [3.63, 3.8) is 0 Å². The summed E-state index contributed by atoms with van der Waals surface area (Å²) in [4.78, 5) is 29.0. The van der Waals surface area contributed by atoms with E-state index < -0.39 is 5.97 Å². The second-order valence-corrected chi connectivity index (χ2v) is 8.29. The van der Waals surface area contributed by atoms with E-state index in [0.29, 0.717) is 19.6 Å². The molecule has 0 aliphatic carbocycles. The van der Waals surface area contributed by atoms with Gasteiger partial charge in [-0.25, -0.2) is 9.18 Å². The molecule has 34 heavy (non-hydrogen) atoms. The lowest BCUT2D eigenvalue weighted by molar-refractivity contribution is -0.139. The second-order valence-electron chi connectivity index (χ2n) is 8.29. The lowest BCUT2D eigenvalue weighted by atomic mass is 10.1. The first kappa shape index (κ1) is 25.3. The first-order valence-electron chi connectivity index (χ1n) is 11.0. The quantitative estimate of drug-likeness (QED) is 0.544. The van der Waals surface area contributed by atoms with E-state index in [1.165, 1.54) is 45.6 Å². The van der Waals surface area contributed by atoms with Crippen molar-refractivity contribution < 1.29 is 32.9 Å². The molecule has 2 aromatic rings. The third-order valence-corrected chi connectivity index (χ3v) is 5.96. The van der Waals surface area contributed by atoms with E-state index in [-0.39, 0.29) is 53.2 Å². The van der Waals surface area contributed by atoms with Crippen molar-refractivity contribution in [3.05, 3.63) is 53.3 Å². The normalized spacial score (nSPS) is 18.4. The Labute approximate surface area is 199 Å². The highest BCUT2D eigenvalue weighted by Gasteiger charge is 2.32. The van der Waals surface area contributed by atoms with E-state index in [2.05, 4.69) is 11.8 Å². The zero-order chi connectivity index (χ0) is 24.8. The molecule has 1 aliphatic rings. The van der Waals surface area contributed by atoms with E-state index in [9.17, 15) is 14.0 Å². The van der Waals surface area contributed by atoms with Crippen molar-refractivity contribution in [2.24, 2.45) is 0 Å². The molecule has 0 aromatic heterocycles.